The number of aliphatic hydroxyl groups is 1. The third kappa shape index (κ3) is 0.713. The highest BCUT2D eigenvalue weighted by atomic mass is 16.5. The Bertz CT molecular complexity index is 329. The van der Waals surface area contributed by atoms with Crippen molar-refractivity contribution < 1.29 is 14.6 Å². The predicted octanol–water partition coefficient (Wildman–Crippen LogP) is 0.925. The second-order valence-corrected chi connectivity index (χ2v) is 2.69. The molecule has 1 aromatic carbocycles. The predicted molar refractivity (Wildman–Crippen MR) is 42.3 cm³/mol. The number of benzene rings is 1. The van der Waals surface area contributed by atoms with Crippen LogP contribution < -0.4 is 4.74 Å². The van der Waals surface area contributed by atoms with E-state index in [9.17, 15) is 9.90 Å². The van der Waals surface area contributed by atoms with Crippen LogP contribution in [-0.2, 0) is 0 Å². The van der Waals surface area contributed by atoms with E-state index >= 15 is 0 Å². The van der Waals surface area contributed by atoms with E-state index in [1.807, 2.05) is 0 Å². The largest absolute Gasteiger partial charge is 0.496 e. The zero-order valence-corrected chi connectivity index (χ0v) is 6.57. The van der Waals surface area contributed by atoms with Crippen molar-refractivity contribution in [3.8, 4) is 5.75 Å². The van der Waals surface area contributed by atoms with Crippen LogP contribution in [0.25, 0.3) is 0 Å². The number of ketones is 1. The molecule has 1 aliphatic carbocycles. The number of fused-ring (bicyclic) bond motifs is 1. The molecule has 1 aliphatic rings. The summed E-state index contributed by atoms with van der Waals surface area (Å²) in [4.78, 5) is 11.1. The fourth-order valence-electron chi connectivity index (χ4n) is 1.41. The van der Waals surface area contributed by atoms with Gasteiger partial charge in [0.15, 0.2) is 5.78 Å². The minimum absolute atomic E-state index is 0.248. The molecule has 0 aliphatic heterocycles. The van der Waals surface area contributed by atoms with E-state index in [1.54, 1.807) is 18.2 Å². The number of methoxy groups -OCH3 is 1. The van der Waals surface area contributed by atoms with Gasteiger partial charge in [0.25, 0.3) is 0 Å². The second-order valence-electron chi connectivity index (χ2n) is 2.69. The monoisotopic (exact) mass is 164 g/mol. The first kappa shape index (κ1) is 7.31. The van der Waals surface area contributed by atoms with Gasteiger partial charge in [0, 0.05) is 5.56 Å². The summed E-state index contributed by atoms with van der Waals surface area (Å²) in [5.74, 6) is 0.297. The molecular weight excluding hydrogens is 156 g/mol. The van der Waals surface area contributed by atoms with Gasteiger partial charge in [-0.2, -0.15) is 0 Å². The van der Waals surface area contributed by atoms with E-state index in [4.69, 9.17) is 4.74 Å². The molecule has 0 unspecified atom stereocenters. The molecule has 0 bridgehead atoms. The molecule has 3 nitrogen and oxygen atoms in total. The quantitative estimate of drug-likeness (QED) is 0.671. The van der Waals surface area contributed by atoms with E-state index in [1.165, 1.54) is 7.11 Å². The lowest BCUT2D eigenvalue weighted by atomic mass is 9.83. The van der Waals surface area contributed by atoms with Crippen LogP contribution in [0.5, 0.6) is 5.75 Å². The summed E-state index contributed by atoms with van der Waals surface area (Å²) >= 11 is 0. The maximum Gasteiger partial charge on any atom is 0.199 e. The summed E-state index contributed by atoms with van der Waals surface area (Å²) in [5.41, 5.74) is 1.19. The number of Topliss-reactive ketones (excluding diaryl/α,β-unsaturated/α-hetero) is 1. The topological polar surface area (TPSA) is 46.5 Å². The number of aliphatic hydroxyl groups excluding tert-OH is 1. The smallest absolute Gasteiger partial charge is 0.199 e. The van der Waals surface area contributed by atoms with Crippen molar-refractivity contribution in [3.63, 3.8) is 0 Å². The SMILES string of the molecule is COc1cccc2c1C(=O)[C@H]2O. The van der Waals surface area contributed by atoms with Crippen molar-refractivity contribution in [2.24, 2.45) is 0 Å². The van der Waals surface area contributed by atoms with Crippen molar-refractivity contribution >= 4 is 5.78 Å². The van der Waals surface area contributed by atoms with E-state index in [2.05, 4.69) is 0 Å². The van der Waals surface area contributed by atoms with Gasteiger partial charge >= 0.3 is 0 Å². The molecule has 0 saturated heterocycles. The Morgan fingerprint density at radius 1 is 1.50 bits per heavy atom. The Morgan fingerprint density at radius 2 is 2.25 bits per heavy atom. The van der Waals surface area contributed by atoms with Crippen LogP contribution in [0.3, 0.4) is 0 Å². The van der Waals surface area contributed by atoms with E-state index in [-0.39, 0.29) is 5.78 Å². The molecular formula is C9H8O3. The molecule has 12 heavy (non-hydrogen) atoms. The molecule has 0 saturated carbocycles. The summed E-state index contributed by atoms with van der Waals surface area (Å²) in [7, 11) is 1.51. The van der Waals surface area contributed by atoms with Gasteiger partial charge < -0.3 is 9.84 Å². The first-order chi connectivity index (χ1) is 5.75. The average Bonchev–Trinajstić information content (AvgIpc) is 2.15. The maximum absolute atomic E-state index is 11.1. The molecule has 0 radical (unpaired) electrons. The van der Waals surface area contributed by atoms with Crippen molar-refractivity contribution in [1.29, 1.82) is 0 Å². The van der Waals surface area contributed by atoms with Crippen LogP contribution >= 0.6 is 0 Å². The van der Waals surface area contributed by atoms with Gasteiger partial charge in [-0.1, -0.05) is 12.1 Å². The number of hydrogen-bond acceptors (Lipinski definition) is 3. The van der Waals surface area contributed by atoms with Crippen LogP contribution in [0.15, 0.2) is 18.2 Å². The molecule has 1 aromatic rings. The summed E-state index contributed by atoms with van der Waals surface area (Å²) in [5, 5.41) is 9.18. The Kier molecular flexibility index (Phi) is 1.41. The van der Waals surface area contributed by atoms with Crippen LogP contribution in [0.1, 0.15) is 22.0 Å². The van der Waals surface area contributed by atoms with Gasteiger partial charge in [-0.25, -0.2) is 0 Å². The first-order valence-electron chi connectivity index (χ1n) is 3.65. The summed E-state index contributed by atoms with van der Waals surface area (Å²) < 4.78 is 4.96. The minimum atomic E-state index is -0.935. The highest BCUT2D eigenvalue weighted by molar-refractivity contribution is 6.11. The maximum atomic E-state index is 11.1. The van der Waals surface area contributed by atoms with E-state index in [0.29, 0.717) is 16.9 Å². The number of carbonyl (C=O) groups excluding carboxylic acids is 1. The van der Waals surface area contributed by atoms with Crippen LogP contribution in [-0.4, -0.2) is 18.0 Å². The summed E-state index contributed by atoms with van der Waals surface area (Å²) in [6.07, 6.45) is -0.935. The Hall–Kier alpha value is -1.35. The molecule has 0 heterocycles. The van der Waals surface area contributed by atoms with E-state index in [0.717, 1.165) is 0 Å². The molecule has 0 spiro atoms. The van der Waals surface area contributed by atoms with Crippen molar-refractivity contribution in [1.82, 2.24) is 0 Å². The Balaban J connectivity index is 2.58. The molecule has 2 rings (SSSR count). The van der Waals surface area contributed by atoms with Crippen LogP contribution in [0.2, 0.25) is 0 Å². The molecule has 0 aromatic heterocycles. The Labute approximate surface area is 69.6 Å². The standard InChI is InChI=1S/C9H8O3/c1-12-6-4-2-3-5-7(6)9(11)8(5)10/h2-4,8,10H,1H3/t8-/m0/s1. The highest BCUT2D eigenvalue weighted by Crippen LogP contribution is 2.38. The number of carbonyl (C=O) groups is 1. The average molecular weight is 164 g/mol. The Morgan fingerprint density at radius 3 is 2.92 bits per heavy atom. The zero-order chi connectivity index (χ0) is 8.72. The van der Waals surface area contributed by atoms with Gasteiger partial charge in [0.1, 0.15) is 11.9 Å². The van der Waals surface area contributed by atoms with Gasteiger partial charge in [-0.05, 0) is 6.07 Å². The number of rotatable bonds is 1. The normalized spacial score (nSPS) is 19.8. The molecule has 0 fully saturated rings. The molecule has 1 atom stereocenters. The second kappa shape index (κ2) is 2.32. The summed E-state index contributed by atoms with van der Waals surface area (Å²) in [6.45, 7) is 0. The number of hydrogen-bond donors (Lipinski definition) is 1. The fourth-order valence-corrected chi connectivity index (χ4v) is 1.41. The van der Waals surface area contributed by atoms with Gasteiger partial charge in [0.05, 0.1) is 12.7 Å². The van der Waals surface area contributed by atoms with Gasteiger partial charge in [-0.15, -0.1) is 0 Å². The zero-order valence-electron chi connectivity index (χ0n) is 6.57. The molecule has 0 amide bonds. The fraction of sp³-hybridized carbons (Fsp3) is 0.222. The first-order valence-corrected chi connectivity index (χ1v) is 3.65. The summed E-state index contributed by atoms with van der Waals surface area (Å²) in [6, 6.07) is 5.19. The van der Waals surface area contributed by atoms with Crippen LogP contribution in [0.4, 0.5) is 0 Å². The lowest BCUT2D eigenvalue weighted by Gasteiger charge is -2.25. The van der Waals surface area contributed by atoms with Crippen molar-refractivity contribution in [2.75, 3.05) is 7.11 Å². The van der Waals surface area contributed by atoms with Gasteiger partial charge in [-0.3, -0.25) is 4.79 Å². The van der Waals surface area contributed by atoms with Gasteiger partial charge in [0.2, 0.25) is 0 Å². The highest BCUT2D eigenvalue weighted by Gasteiger charge is 2.36. The third-order valence-corrected chi connectivity index (χ3v) is 2.07. The van der Waals surface area contributed by atoms with Crippen molar-refractivity contribution in [2.45, 2.75) is 6.10 Å². The lowest BCUT2D eigenvalue weighted by Crippen LogP contribution is -2.26. The third-order valence-electron chi connectivity index (χ3n) is 2.07. The minimum Gasteiger partial charge on any atom is -0.496 e. The van der Waals surface area contributed by atoms with E-state index < -0.39 is 6.10 Å². The molecule has 62 valence electrons. The number of ether oxygens (including phenoxy) is 1. The lowest BCUT2D eigenvalue weighted by molar-refractivity contribution is 0.0668. The molecule has 3 heteroatoms. The van der Waals surface area contributed by atoms with Crippen LogP contribution in [0, 0.1) is 0 Å². The van der Waals surface area contributed by atoms with Crippen molar-refractivity contribution in [3.05, 3.63) is 29.3 Å². The molecule has 1 N–H and O–H groups in total.